The third kappa shape index (κ3) is 4.97. The Morgan fingerprint density at radius 3 is 1.95 bits per heavy atom. The Morgan fingerprint density at radius 2 is 1.32 bits per heavy atom. The maximum atomic E-state index is 9.17. The second-order valence-corrected chi connectivity index (χ2v) is 9.74. The molecule has 4 aromatic carbocycles. The van der Waals surface area contributed by atoms with Gasteiger partial charge in [0.15, 0.2) is 0 Å². The van der Waals surface area contributed by atoms with Crippen LogP contribution in [0.5, 0.6) is 5.75 Å². The zero-order valence-corrected chi connectivity index (χ0v) is 21.7. The first-order valence-electron chi connectivity index (χ1n) is 13.3. The Bertz CT molecular complexity index is 1490. The van der Waals surface area contributed by atoms with E-state index in [1.54, 1.807) is 12.1 Å². The van der Waals surface area contributed by atoms with Gasteiger partial charge in [0.25, 0.3) is 5.69 Å². The summed E-state index contributed by atoms with van der Waals surface area (Å²) in [5.74, 6) is 0.674. The molecule has 0 unspecified atom stereocenters. The van der Waals surface area contributed by atoms with E-state index in [2.05, 4.69) is 110 Å². The summed E-state index contributed by atoms with van der Waals surface area (Å²) in [6.45, 7) is 2.26. The molecule has 0 aliphatic carbocycles. The highest BCUT2D eigenvalue weighted by atomic mass is 16.7. The summed E-state index contributed by atoms with van der Waals surface area (Å²) in [5.41, 5.74) is 6.72. The van der Waals surface area contributed by atoms with E-state index in [1.165, 1.54) is 16.4 Å². The number of nitriles is 1. The van der Waals surface area contributed by atoms with Gasteiger partial charge in [-0.1, -0.05) is 105 Å². The van der Waals surface area contributed by atoms with Crippen molar-refractivity contribution < 1.29 is 9.57 Å². The zero-order valence-electron chi connectivity index (χ0n) is 21.7. The molecule has 0 atom stereocenters. The van der Waals surface area contributed by atoms with Crippen LogP contribution < -0.4 is 26.0 Å². The third-order valence-corrected chi connectivity index (χ3v) is 7.51. The number of aromatic nitrogens is 1. The van der Waals surface area contributed by atoms with Gasteiger partial charge in [0.2, 0.25) is 11.9 Å². The molecule has 0 spiro atoms. The minimum absolute atomic E-state index is 0.607. The maximum Gasteiger partial charge on any atom is 0.262 e. The van der Waals surface area contributed by atoms with Crippen molar-refractivity contribution in [3.8, 4) is 23.1 Å². The number of benzene rings is 4. The van der Waals surface area contributed by atoms with Gasteiger partial charge in [-0.2, -0.15) is 28.0 Å². The van der Waals surface area contributed by atoms with E-state index in [9.17, 15) is 5.26 Å². The Balaban J connectivity index is 1.72. The van der Waals surface area contributed by atoms with Crippen LogP contribution in [0, 0.1) is 11.3 Å². The third-order valence-electron chi connectivity index (χ3n) is 7.51. The lowest BCUT2D eigenvalue weighted by molar-refractivity contribution is -0.866. The number of hydrogen-bond acceptors (Lipinski definition) is 2. The molecule has 0 amide bonds. The molecular weight excluding hydrogens is 463 g/mol. The molecule has 0 bridgehead atoms. The van der Waals surface area contributed by atoms with E-state index in [0.29, 0.717) is 11.3 Å². The van der Waals surface area contributed by atoms with Gasteiger partial charge in [0.05, 0.1) is 17.8 Å². The fourth-order valence-electron chi connectivity index (χ4n) is 5.69. The highest BCUT2D eigenvalue weighted by molar-refractivity contribution is 7.12. The number of hydrogen-bond donors (Lipinski definition) is 0. The first-order valence-corrected chi connectivity index (χ1v) is 13.3. The Morgan fingerprint density at radius 1 is 0.711 bits per heavy atom. The lowest BCUT2D eigenvalue weighted by Crippen LogP contribution is -2.67. The van der Waals surface area contributed by atoms with Crippen LogP contribution in [0.15, 0.2) is 134 Å². The van der Waals surface area contributed by atoms with Gasteiger partial charge in [-0.3, -0.25) is 0 Å². The zero-order chi connectivity index (χ0) is 26.2. The first kappa shape index (κ1) is 25.1. The van der Waals surface area contributed by atoms with Crippen molar-refractivity contribution in [3.05, 3.63) is 139 Å². The Labute approximate surface area is 225 Å². The van der Waals surface area contributed by atoms with Crippen LogP contribution in [-0.4, -0.2) is 6.15 Å². The highest BCUT2D eigenvalue weighted by Crippen LogP contribution is 2.23. The second-order valence-electron chi connectivity index (χ2n) is 9.74. The molecule has 1 heterocycles. The summed E-state index contributed by atoms with van der Waals surface area (Å²) in [7, 11) is 0. The Kier molecular flexibility index (Phi) is 7.66. The van der Waals surface area contributed by atoms with Gasteiger partial charge in [0, 0.05) is 22.4 Å². The monoisotopic (exact) mass is 494 g/mol. The summed E-state index contributed by atoms with van der Waals surface area (Å²) in [4.78, 5) is 6.34. The van der Waals surface area contributed by atoms with Crippen molar-refractivity contribution in [3.63, 3.8) is 0 Å². The predicted molar refractivity (Wildman–Crippen MR) is 157 cm³/mol. The van der Waals surface area contributed by atoms with Crippen LogP contribution >= 0.6 is 0 Å². The topological polar surface area (TPSA) is 36.9 Å². The molecule has 1 aromatic heterocycles. The van der Waals surface area contributed by atoms with E-state index >= 15 is 0 Å². The normalized spacial score (nSPS) is 11.1. The largest absolute Gasteiger partial charge is 0.262 e. The van der Waals surface area contributed by atoms with Crippen LogP contribution in [0.3, 0.4) is 0 Å². The van der Waals surface area contributed by atoms with Gasteiger partial charge in [-0.25, -0.2) is 4.84 Å². The second kappa shape index (κ2) is 11.6. The van der Waals surface area contributed by atoms with Crippen molar-refractivity contribution >= 4 is 22.5 Å². The average molecular weight is 494 g/mol. The van der Waals surface area contributed by atoms with Crippen molar-refractivity contribution in [1.29, 1.82) is 5.26 Å². The fraction of sp³-hybridized carbons (Fsp3) is 0.118. The van der Waals surface area contributed by atoms with Gasteiger partial charge in [-0.05, 0) is 30.3 Å². The van der Waals surface area contributed by atoms with Crippen LogP contribution in [0.1, 0.15) is 25.3 Å². The summed E-state index contributed by atoms with van der Waals surface area (Å²) >= 11 is 0. The molecule has 0 N–H and O–H groups in total. The standard InChI is InChI=1S/C34H31BN2O/c1-2-3-25-35(29-14-6-4-7-15-29,30-16-8-5-9-17-30)33-19-11-10-18-32(33)34-20-12-13-26-37(34)38-31-23-21-28(27-36)22-24-31/h4-24,26H,2-3,25H2,1H3. The smallest absolute Gasteiger partial charge is 0.231 e. The number of unbranched alkanes of at least 4 members (excludes halogenated alkanes) is 1. The number of pyridine rings is 1. The van der Waals surface area contributed by atoms with E-state index in [4.69, 9.17) is 4.84 Å². The molecule has 0 saturated carbocycles. The van der Waals surface area contributed by atoms with Crippen molar-refractivity contribution in [1.82, 2.24) is 0 Å². The Hall–Kier alpha value is -4.62. The fourth-order valence-corrected chi connectivity index (χ4v) is 5.69. The van der Waals surface area contributed by atoms with Crippen LogP contribution in [-0.2, 0) is 0 Å². The predicted octanol–water partition coefficient (Wildman–Crippen LogP) is 5.63. The number of rotatable bonds is 9. The molecular formula is C34H31BN2O. The lowest BCUT2D eigenvalue weighted by Gasteiger charge is -2.44. The SMILES string of the molecule is CCCC[B-](c1ccccc1)(c1ccccc1)c1ccccc1-c1cccc[n+]1Oc1ccc(C#N)cc1. The molecule has 186 valence electrons. The summed E-state index contributed by atoms with van der Waals surface area (Å²) in [6.07, 6.45) is 3.96. The molecule has 0 aliphatic heterocycles. The van der Waals surface area contributed by atoms with Crippen LogP contribution in [0.2, 0.25) is 6.32 Å². The minimum Gasteiger partial charge on any atom is -0.231 e. The van der Waals surface area contributed by atoms with Crippen LogP contribution in [0.25, 0.3) is 11.3 Å². The van der Waals surface area contributed by atoms with E-state index in [-0.39, 0.29) is 0 Å². The lowest BCUT2D eigenvalue weighted by atomic mass is 9.13. The molecule has 3 nitrogen and oxygen atoms in total. The van der Waals surface area contributed by atoms with E-state index < -0.39 is 6.15 Å². The quantitative estimate of drug-likeness (QED) is 0.197. The maximum absolute atomic E-state index is 9.17. The van der Waals surface area contributed by atoms with E-state index in [1.807, 2.05) is 29.1 Å². The molecule has 4 heteroatoms. The van der Waals surface area contributed by atoms with Crippen molar-refractivity contribution in [2.75, 3.05) is 0 Å². The van der Waals surface area contributed by atoms with Crippen LogP contribution in [0.4, 0.5) is 0 Å². The van der Waals surface area contributed by atoms with Crippen molar-refractivity contribution in [2.45, 2.75) is 26.1 Å². The molecule has 5 aromatic rings. The van der Waals surface area contributed by atoms with E-state index in [0.717, 1.165) is 30.4 Å². The van der Waals surface area contributed by atoms with Gasteiger partial charge in [-0.15, -0.1) is 0 Å². The first-order chi connectivity index (χ1) is 18.8. The van der Waals surface area contributed by atoms with Gasteiger partial charge >= 0.3 is 0 Å². The van der Waals surface area contributed by atoms with Crippen molar-refractivity contribution in [2.24, 2.45) is 0 Å². The molecule has 0 aliphatic rings. The summed E-state index contributed by atoms with van der Waals surface area (Å²) in [5, 5.41) is 9.17. The van der Waals surface area contributed by atoms with Gasteiger partial charge < -0.3 is 0 Å². The molecule has 0 radical (unpaired) electrons. The summed E-state index contributed by atoms with van der Waals surface area (Å²) in [6, 6.07) is 46.2. The minimum atomic E-state index is -1.27. The molecule has 0 saturated heterocycles. The summed E-state index contributed by atoms with van der Waals surface area (Å²) < 4.78 is 1.83. The highest BCUT2D eigenvalue weighted by Gasteiger charge is 2.33. The molecule has 0 fully saturated rings. The average Bonchev–Trinajstić information content (AvgIpc) is 3.00. The molecule has 38 heavy (non-hydrogen) atoms. The molecule has 5 rings (SSSR count). The number of nitrogens with zero attached hydrogens (tertiary/aromatic N) is 2. The van der Waals surface area contributed by atoms with Gasteiger partial charge in [0.1, 0.15) is 0 Å².